The minimum atomic E-state index is -1.21. The Kier molecular flexibility index (Phi) is 8.63. The van der Waals surface area contributed by atoms with E-state index in [4.69, 9.17) is 14.2 Å². The Morgan fingerprint density at radius 1 is 0.886 bits per heavy atom. The van der Waals surface area contributed by atoms with E-state index < -0.39 is 29.4 Å². The van der Waals surface area contributed by atoms with E-state index in [1.807, 2.05) is 6.92 Å². The summed E-state index contributed by atoms with van der Waals surface area (Å²) in [5.41, 5.74) is -0.320. The summed E-state index contributed by atoms with van der Waals surface area (Å²) in [6, 6.07) is 5.45. The zero-order chi connectivity index (χ0) is 24.9. The fourth-order valence-corrected chi connectivity index (χ4v) is 4.95. The van der Waals surface area contributed by atoms with Crippen molar-refractivity contribution >= 4 is 0 Å². The molecular weight excluding hydrogens is 460 g/mol. The maximum atomic E-state index is 15.0. The summed E-state index contributed by atoms with van der Waals surface area (Å²) in [5.74, 6) is -4.24. The van der Waals surface area contributed by atoms with Gasteiger partial charge in [0, 0.05) is 23.3 Å². The van der Waals surface area contributed by atoms with Crippen molar-refractivity contribution in [1.29, 1.82) is 0 Å². The molecule has 0 amide bonds. The number of ether oxygens (including phenoxy) is 3. The molecule has 0 bridgehead atoms. The Morgan fingerprint density at radius 3 is 2.26 bits per heavy atom. The number of benzene rings is 2. The van der Waals surface area contributed by atoms with Crippen LogP contribution >= 0.6 is 0 Å². The van der Waals surface area contributed by atoms with Crippen molar-refractivity contribution in [2.24, 2.45) is 5.92 Å². The lowest BCUT2D eigenvalue weighted by atomic mass is 9.91. The van der Waals surface area contributed by atoms with Crippen LogP contribution in [0.1, 0.15) is 56.3 Å². The first kappa shape index (κ1) is 25.9. The first-order valence-corrected chi connectivity index (χ1v) is 12.3. The van der Waals surface area contributed by atoms with Crippen LogP contribution in [0.4, 0.5) is 17.6 Å². The molecule has 2 aliphatic heterocycles. The maximum absolute atomic E-state index is 15.0. The molecule has 4 unspecified atom stereocenters. The van der Waals surface area contributed by atoms with E-state index in [1.54, 1.807) is 6.08 Å². The number of rotatable bonds is 8. The molecule has 0 spiro atoms. The summed E-state index contributed by atoms with van der Waals surface area (Å²) in [6.07, 6.45) is 5.12. The highest BCUT2D eigenvalue weighted by Crippen LogP contribution is 2.36. The van der Waals surface area contributed by atoms with Gasteiger partial charge >= 0.3 is 0 Å². The lowest BCUT2D eigenvalue weighted by Gasteiger charge is -2.29. The molecule has 2 saturated heterocycles. The standard InChI is InChI=1S/C28H32F4O3/c1-3-19-9-6-17(15-34-19)5-7-18-8-11-21(26(30)25(18)29)22-12-13-23(28(32)27(22)31)24-14-10-20(16-35-24)33-4-2/h3,8,11-13,17,19-20,24H,1,4-7,9-10,14-16H2,2H3. The van der Waals surface area contributed by atoms with Crippen molar-refractivity contribution in [3.63, 3.8) is 0 Å². The van der Waals surface area contributed by atoms with Gasteiger partial charge in [0.05, 0.1) is 31.5 Å². The molecule has 0 radical (unpaired) electrons. The van der Waals surface area contributed by atoms with Crippen molar-refractivity contribution in [3.05, 3.63) is 71.3 Å². The molecule has 2 fully saturated rings. The molecule has 190 valence electrons. The second-order valence-corrected chi connectivity index (χ2v) is 9.30. The van der Waals surface area contributed by atoms with Crippen molar-refractivity contribution in [1.82, 2.24) is 0 Å². The third-order valence-corrected chi connectivity index (χ3v) is 7.04. The van der Waals surface area contributed by atoms with Crippen LogP contribution in [0.15, 0.2) is 36.9 Å². The van der Waals surface area contributed by atoms with E-state index in [9.17, 15) is 17.6 Å². The van der Waals surface area contributed by atoms with E-state index in [1.165, 1.54) is 24.3 Å². The monoisotopic (exact) mass is 492 g/mol. The normalized spacial score (nSPS) is 24.9. The van der Waals surface area contributed by atoms with Crippen LogP contribution in [-0.4, -0.2) is 32.0 Å². The summed E-state index contributed by atoms with van der Waals surface area (Å²) < 4.78 is 76.6. The largest absolute Gasteiger partial charge is 0.376 e. The number of aryl methyl sites for hydroxylation is 1. The second-order valence-electron chi connectivity index (χ2n) is 9.30. The molecule has 7 heteroatoms. The topological polar surface area (TPSA) is 27.7 Å². The van der Waals surface area contributed by atoms with Gasteiger partial charge in [0.2, 0.25) is 0 Å². The Balaban J connectivity index is 1.46. The third-order valence-electron chi connectivity index (χ3n) is 7.04. The molecular formula is C28H32F4O3. The van der Waals surface area contributed by atoms with Crippen molar-refractivity contribution in [2.75, 3.05) is 19.8 Å². The Labute approximate surface area is 204 Å². The van der Waals surface area contributed by atoms with Gasteiger partial charge in [-0.1, -0.05) is 30.3 Å². The van der Waals surface area contributed by atoms with Crippen LogP contribution in [0, 0.1) is 29.2 Å². The molecule has 0 saturated carbocycles. The van der Waals surface area contributed by atoms with Crippen LogP contribution in [0.2, 0.25) is 0 Å². The quantitative estimate of drug-likeness (QED) is 0.291. The Morgan fingerprint density at radius 2 is 1.63 bits per heavy atom. The third kappa shape index (κ3) is 5.79. The first-order chi connectivity index (χ1) is 16.9. The lowest BCUT2D eigenvalue weighted by Crippen LogP contribution is -2.28. The fraction of sp³-hybridized carbons (Fsp3) is 0.500. The summed E-state index contributed by atoms with van der Waals surface area (Å²) in [6.45, 7) is 7.03. The smallest absolute Gasteiger partial charge is 0.167 e. The van der Waals surface area contributed by atoms with Gasteiger partial charge in [0.15, 0.2) is 23.3 Å². The fourth-order valence-electron chi connectivity index (χ4n) is 4.95. The zero-order valence-corrected chi connectivity index (χ0v) is 20.0. The molecule has 3 nitrogen and oxygen atoms in total. The summed E-state index contributed by atoms with van der Waals surface area (Å²) in [7, 11) is 0. The Hall–Kier alpha value is -2.22. The lowest BCUT2D eigenvalue weighted by molar-refractivity contribution is -0.0850. The molecule has 2 aromatic carbocycles. The van der Waals surface area contributed by atoms with E-state index in [2.05, 4.69) is 6.58 Å². The van der Waals surface area contributed by atoms with Crippen molar-refractivity contribution in [2.45, 2.75) is 63.8 Å². The molecule has 0 aromatic heterocycles. The molecule has 2 heterocycles. The summed E-state index contributed by atoms with van der Waals surface area (Å²) in [4.78, 5) is 0. The Bertz CT molecular complexity index is 1030. The van der Waals surface area contributed by atoms with E-state index in [0.29, 0.717) is 45.5 Å². The van der Waals surface area contributed by atoms with E-state index in [0.717, 1.165) is 12.8 Å². The van der Waals surface area contributed by atoms with Gasteiger partial charge in [-0.2, -0.15) is 0 Å². The average molecular weight is 493 g/mol. The van der Waals surface area contributed by atoms with Crippen LogP contribution in [0.25, 0.3) is 11.1 Å². The second kappa shape index (κ2) is 11.7. The van der Waals surface area contributed by atoms with Crippen LogP contribution < -0.4 is 0 Å². The molecule has 2 aliphatic rings. The zero-order valence-electron chi connectivity index (χ0n) is 20.0. The van der Waals surface area contributed by atoms with Crippen molar-refractivity contribution in [3.8, 4) is 11.1 Å². The highest BCUT2D eigenvalue weighted by Gasteiger charge is 2.28. The minimum Gasteiger partial charge on any atom is -0.376 e. The molecule has 2 aromatic rings. The highest BCUT2D eigenvalue weighted by atomic mass is 19.2. The van der Waals surface area contributed by atoms with Gasteiger partial charge in [-0.25, -0.2) is 17.6 Å². The average Bonchev–Trinajstić information content (AvgIpc) is 2.88. The van der Waals surface area contributed by atoms with Gasteiger partial charge in [0.1, 0.15) is 0 Å². The number of halogens is 4. The molecule has 4 atom stereocenters. The van der Waals surface area contributed by atoms with E-state index >= 15 is 0 Å². The molecule has 4 rings (SSSR count). The van der Waals surface area contributed by atoms with Gasteiger partial charge in [0.25, 0.3) is 0 Å². The van der Waals surface area contributed by atoms with Crippen LogP contribution in [0.3, 0.4) is 0 Å². The number of hydrogen-bond donors (Lipinski definition) is 0. The predicted molar refractivity (Wildman–Crippen MR) is 126 cm³/mol. The van der Waals surface area contributed by atoms with Crippen LogP contribution in [0.5, 0.6) is 0 Å². The van der Waals surface area contributed by atoms with E-state index in [-0.39, 0.29) is 40.4 Å². The predicted octanol–water partition coefficient (Wildman–Crippen LogP) is 7.08. The summed E-state index contributed by atoms with van der Waals surface area (Å²) in [5, 5.41) is 0. The van der Waals surface area contributed by atoms with Gasteiger partial charge in [-0.15, -0.1) is 6.58 Å². The molecule has 0 aliphatic carbocycles. The van der Waals surface area contributed by atoms with Crippen molar-refractivity contribution < 1.29 is 31.8 Å². The van der Waals surface area contributed by atoms with Gasteiger partial charge in [-0.3, -0.25) is 0 Å². The van der Waals surface area contributed by atoms with Gasteiger partial charge < -0.3 is 14.2 Å². The minimum absolute atomic E-state index is 0.0538. The molecule has 0 N–H and O–H groups in total. The number of hydrogen-bond acceptors (Lipinski definition) is 3. The summed E-state index contributed by atoms with van der Waals surface area (Å²) >= 11 is 0. The SMILES string of the molecule is C=CC1CCC(CCc2ccc(-c3ccc(C4CCC(OCC)CO4)c(F)c3F)c(F)c2F)CO1. The highest BCUT2D eigenvalue weighted by molar-refractivity contribution is 5.66. The van der Waals surface area contributed by atoms with Gasteiger partial charge in [-0.05, 0) is 56.9 Å². The van der Waals surface area contributed by atoms with Crippen LogP contribution in [-0.2, 0) is 20.6 Å². The first-order valence-electron chi connectivity index (χ1n) is 12.3. The molecule has 35 heavy (non-hydrogen) atoms. The maximum Gasteiger partial charge on any atom is 0.167 e.